The summed E-state index contributed by atoms with van der Waals surface area (Å²) in [5, 5.41) is 11.2. The van der Waals surface area contributed by atoms with Crippen LogP contribution in [0, 0.1) is 3.57 Å². The third-order valence-corrected chi connectivity index (χ3v) is 5.01. The van der Waals surface area contributed by atoms with E-state index in [4.69, 9.17) is 9.84 Å². The fraction of sp³-hybridized carbons (Fsp3) is 0.312. The summed E-state index contributed by atoms with van der Waals surface area (Å²) in [6.07, 6.45) is -1.18. The Morgan fingerprint density at radius 3 is 2.62 bits per heavy atom. The van der Waals surface area contributed by atoms with Crippen molar-refractivity contribution in [2.45, 2.75) is 31.9 Å². The molecule has 0 saturated carbocycles. The van der Waals surface area contributed by atoms with Gasteiger partial charge in [0.15, 0.2) is 6.10 Å². The van der Waals surface area contributed by atoms with Crippen molar-refractivity contribution < 1.29 is 33.8 Å². The number of ether oxygens (including phenoxy) is 1. The van der Waals surface area contributed by atoms with Gasteiger partial charge in [-0.1, -0.05) is 0 Å². The first-order valence-electron chi connectivity index (χ1n) is 7.66. The summed E-state index contributed by atoms with van der Waals surface area (Å²) in [7, 11) is 0. The van der Waals surface area contributed by atoms with Gasteiger partial charge in [0, 0.05) is 6.42 Å². The normalized spacial score (nSPS) is 20.7. The molecule has 0 bridgehead atoms. The lowest BCUT2D eigenvalue weighted by molar-refractivity contribution is -0.144. The Labute approximate surface area is 160 Å². The van der Waals surface area contributed by atoms with Crippen LogP contribution in [0.15, 0.2) is 12.1 Å². The van der Waals surface area contributed by atoms with Gasteiger partial charge in [0.1, 0.15) is 11.8 Å². The first kappa shape index (κ1) is 18.3. The van der Waals surface area contributed by atoms with E-state index < -0.39 is 41.7 Å². The monoisotopic (exact) mass is 472 g/mol. The van der Waals surface area contributed by atoms with E-state index in [9.17, 15) is 24.0 Å². The van der Waals surface area contributed by atoms with Crippen LogP contribution in [0.4, 0.5) is 0 Å². The average molecular weight is 472 g/mol. The van der Waals surface area contributed by atoms with Gasteiger partial charge in [-0.2, -0.15) is 0 Å². The van der Waals surface area contributed by atoms with Gasteiger partial charge in [-0.3, -0.25) is 29.4 Å². The van der Waals surface area contributed by atoms with Gasteiger partial charge < -0.3 is 9.84 Å². The van der Waals surface area contributed by atoms with Crippen molar-refractivity contribution in [2.75, 3.05) is 0 Å². The number of carbonyl (C=O) groups excluding carboxylic acids is 4. The summed E-state index contributed by atoms with van der Waals surface area (Å²) in [6, 6.07) is 1.87. The minimum absolute atomic E-state index is 0.00820. The summed E-state index contributed by atoms with van der Waals surface area (Å²) in [6.45, 7) is 1.30. The molecule has 0 aliphatic carbocycles. The van der Waals surface area contributed by atoms with Crippen LogP contribution in [0.3, 0.4) is 0 Å². The number of piperidine rings is 1. The first-order valence-corrected chi connectivity index (χ1v) is 8.73. The van der Waals surface area contributed by atoms with Gasteiger partial charge in [0.2, 0.25) is 11.8 Å². The number of carboxylic acid groups (broad SMARTS) is 1. The van der Waals surface area contributed by atoms with E-state index in [0.717, 1.165) is 4.90 Å². The highest BCUT2D eigenvalue weighted by Gasteiger charge is 2.46. The molecular weight excluding hydrogens is 459 g/mol. The topological polar surface area (TPSA) is 130 Å². The maximum Gasteiger partial charge on any atom is 0.344 e. The summed E-state index contributed by atoms with van der Waals surface area (Å²) in [5.74, 6) is -3.83. The summed E-state index contributed by atoms with van der Waals surface area (Å²) in [4.78, 5) is 60.8. The highest BCUT2D eigenvalue weighted by Crippen LogP contribution is 2.37. The zero-order valence-corrected chi connectivity index (χ0v) is 15.6. The van der Waals surface area contributed by atoms with Crippen molar-refractivity contribution in [2.24, 2.45) is 0 Å². The predicted molar refractivity (Wildman–Crippen MR) is 93.6 cm³/mol. The van der Waals surface area contributed by atoms with Crippen LogP contribution in [-0.2, 0) is 14.4 Å². The SMILES string of the molecule is CC(Oc1c(I)ccc2c1C(=O)N(C1CCC(=O)NC1=O)C2=O)C(=O)O. The van der Waals surface area contributed by atoms with Crippen LogP contribution < -0.4 is 10.1 Å². The molecule has 2 N–H and O–H groups in total. The molecular formula is C16H13IN2O7. The van der Waals surface area contributed by atoms with Gasteiger partial charge >= 0.3 is 5.97 Å². The zero-order valence-electron chi connectivity index (χ0n) is 13.4. The third kappa shape index (κ3) is 2.93. The van der Waals surface area contributed by atoms with E-state index in [1.165, 1.54) is 19.1 Å². The van der Waals surface area contributed by atoms with Crippen molar-refractivity contribution in [3.05, 3.63) is 26.8 Å². The quantitative estimate of drug-likeness (QED) is 0.484. The number of rotatable bonds is 4. The number of carboxylic acids is 1. The number of fused-ring (bicyclic) bond motifs is 1. The fourth-order valence-corrected chi connectivity index (χ4v) is 3.42. The number of hydrogen-bond acceptors (Lipinski definition) is 6. The molecule has 1 aromatic carbocycles. The second kappa shape index (κ2) is 6.67. The van der Waals surface area contributed by atoms with Crippen molar-refractivity contribution in [1.29, 1.82) is 0 Å². The Hall–Kier alpha value is -2.50. The van der Waals surface area contributed by atoms with E-state index >= 15 is 0 Å². The summed E-state index contributed by atoms with van der Waals surface area (Å²) >= 11 is 1.87. The first-order chi connectivity index (χ1) is 12.2. The number of nitrogens with one attached hydrogen (secondary N) is 1. The molecule has 1 aromatic rings. The van der Waals surface area contributed by atoms with E-state index in [0.29, 0.717) is 3.57 Å². The van der Waals surface area contributed by atoms with Gasteiger partial charge in [-0.25, -0.2) is 4.79 Å². The molecule has 0 aromatic heterocycles. The molecule has 9 nitrogen and oxygen atoms in total. The highest BCUT2D eigenvalue weighted by molar-refractivity contribution is 14.1. The Balaban J connectivity index is 2.01. The standard InChI is InChI=1S/C16H13IN2O7/c1-6(16(24)25)26-12-8(17)3-2-7-11(12)15(23)19(14(7)22)9-4-5-10(20)18-13(9)21/h2-3,6,9H,4-5H2,1H3,(H,24,25)(H,18,20,21). The van der Waals surface area contributed by atoms with Crippen LogP contribution in [-0.4, -0.2) is 51.8 Å². The molecule has 2 aliphatic heterocycles. The van der Waals surface area contributed by atoms with Gasteiger partial charge in [-0.15, -0.1) is 0 Å². The Morgan fingerprint density at radius 1 is 1.31 bits per heavy atom. The smallest absolute Gasteiger partial charge is 0.344 e. The minimum Gasteiger partial charge on any atom is -0.479 e. The van der Waals surface area contributed by atoms with E-state index in [-0.39, 0.29) is 29.7 Å². The van der Waals surface area contributed by atoms with Crippen LogP contribution in [0.2, 0.25) is 0 Å². The number of nitrogens with zero attached hydrogens (tertiary/aromatic N) is 1. The maximum absolute atomic E-state index is 12.9. The molecule has 1 fully saturated rings. The minimum atomic E-state index is -1.23. The average Bonchev–Trinajstić information content (AvgIpc) is 2.81. The zero-order chi connectivity index (χ0) is 19.2. The second-order valence-electron chi connectivity index (χ2n) is 5.84. The van der Waals surface area contributed by atoms with Gasteiger partial charge in [0.05, 0.1) is 14.7 Å². The van der Waals surface area contributed by atoms with E-state index in [2.05, 4.69) is 5.32 Å². The molecule has 1 saturated heterocycles. The Bertz CT molecular complexity index is 866. The molecule has 3 rings (SSSR count). The predicted octanol–water partition coefficient (Wildman–Crippen LogP) is 0.544. The Kier molecular flexibility index (Phi) is 4.69. The van der Waals surface area contributed by atoms with Crippen molar-refractivity contribution in [3.8, 4) is 5.75 Å². The third-order valence-electron chi connectivity index (χ3n) is 4.16. The lowest BCUT2D eigenvalue weighted by Gasteiger charge is -2.27. The van der Waals surface area contributed by atoms with Crippen LogP contribution in [0.1, 0.15) is 40.5 Å². The molecule has 0 radical (unpaired) electrons. The van der Waals surface area contributed by atoms with Gasteiger partial charge in [0.25, 0.3) is 11.8 Å². The number of hydrogen-bond donors (Lipinski definition) is 2. The molecule has 2 aliphatic rings. The number of amides is 4. The largest absolute Gasteiger partial charge is 0.479 e. The van der Waals surface area contributed by atoms with E-state index in [1.807, 2.05) is 22.6 Å². The molecule has 10 heteroatoms. The highest BCUT2D eigenvalue weighted by atomic mass is 127. The summed E-state index contributed by atoms with van der Waals surface area (Å²) < 4.78 is 5.85. The molecule has 0 spiro atoms. The molecule has 2 unspecified atom stereocenters. The van der Waals surface area contributed by atoms with E-state index in [1.54, 1.807) is 0 Å². The molecule has 26 heavy (non-hydrogen) atoms. The molecule has 2 atom stereocenters. The van der Waals surface area contributed by atoms with Crippen LogP contribution >= 0.6 is 22.6 Å². The fourth-order valence-electron chi connectivity index (χ4n) is 2.84. The number of aliphatic carboxylic acids is 1. The van der Waals surface area contributed by atoms with Crippen LogP contribution in [0.25, 0.3) is 0 Å². The number of halogens is 1. The maximum atomic E-state index is 12.9. The number of benzene rings is 1. The van der Waals surface area contributed by atoms with Crippen molar-refractivity contribution >= 4 is 52.2 Å². The Morgan fingerprint density at radius 2 is 2.00 bits per heavy atom. The number of carbonyl (C=O) groups is 5. The number of imide groups is 2. The lowest BCUT2D eigenvalue weighted by atomic mass is 10.0. The molecule has 4 amide bonds. The molecule has 136 valence electrons. The van der Waals surface area contributed by atoms with Crippen molar-refractivity contribution in [3.63, 3.8) is 0 Å². The van der Waals surface area contributed by atoms with Gasteiger partial charge in [-0.05, 0) is 48.1 Å². The second-order valence-corrected chi connectivity index (χ2v) is 7.01. The molecule has 2 heterocycles. The van der Waals surface area contributed by atoms with Crippen molar-refractivity contribution in [1.82, 2.24) is 10.2 Å². The summed E-state index contributed by atoms with van der Waals surface area (Å²) in [5.41, 5.74) is -0.0348. The van der Waals surface area contributed by atoms with Crippen LogP contribution in [0.5, 0.6) is 5.75 Å². The lowest BCUT2D eigenvalue weighted by Crippen LogP contribution is -2.54.